The van der Waals surface area contributed by atoms with Crippen LogP contribution in [0.15, 0.2) is 48.5 Å². The van der Waals surface area contributed by atoms with Crippen molar-refractivity contribution in [1.82, 2.24) is 0 Å². The average molecular weight is 351 g/mol. The number of unbranched alkanes of at least 4 members (excludes halogenated alkanes) is 1. The lowest BCUT2D eigenvalue weighted by molar-refractivity contribution is 0.0734. The minimum Gasteiger partial charge on any atom is -0.423 e. The third kappa shape index (κ3) is 4.97. The molecule has 3 rings (SSSR count). The molecule has 0 N–H and O–H groups in total. The van der Waals surface area contributed by atoms with Gasteiger partial charge in [0.1, 0.15) is 5.75 Å². The zero-order valence-corrected chi connectivity index (χ0v) is 16.0. The van der Waals surface area contributed by atoms with Crippen molar-refractivity contribution < 1.29 is 9.53 Å². The summed E-state index contributed by atoms with van der Waals surface area (Å²) < 4.78 is 5.52. The van der Waals surface area contributed by atoms with E-state index in [0.717, 1.165) is 12.3 Å². The fourth-order valence-electron chi connectivity index (χ4n) is 3.76. The van der Waals surface area contributed by atoms with Gasteiger partial charge in [-0.2, -0.15) is 0 Å². The molecule has 2 aromatic carbocycles. The van der Waals surface area contributed by atoms with Gasteiger partial charge in [0.15, 0.2) is 0 Å². The number of esters is 1. The zero-order chi connectivity index (χ0) is 18.4. The monoisotopic (exact) mass is 350 g/mol. The molecule has 2 nitrogen and oxygen atoms in total. The van der Waals surface area contributed by atoms with Crippen LogP contribution in [0.4, 0.5) is 0 Å². The molecule has 1 aliphatic rings. The van der Waals surface area contributed by atoms with E-state index >= 15 is 0 Å². The van der Waals surface area contributed by atoms with Crippen molar-refractivity contribution >= 4 is 5.97 Å². The summed E-state index contributed by atoms with van der Waals surface area (Å²) in [5.74, 6) is 1.83. The normalized spacial score (nSPS) is 19.9. The van der Waals surface area contributed by atoms with Gasteiger partial charge in [0.2, 0.25) is 0 Å². The molecule has 0 aromatic heterocycles. The van der Waals surface area contributed by atoms with E-state index in [-0.39, 0.29) is 5.97 Å². The Morgan fingerprint density at radius 1 is 0.962 bits per heavy atom. The van der Waals surface area contributed by atoms with Gasteiger partial charge in [-0.3, -0.25) is 0 Å². The number of carbonyl (C=O) groups excluding carboxylic acids is 1. The lowest BCUT2D eigenvalue weighted by Gasteiger charge is -2.26. The third-order valence-corrected chi connectivity index (χ3v) is 5.59. The molecule has 0 saturated heterocycles. The summed E-state index contributed by atoms with van der Waals surface area (Å²) in [7, 11) is 0. The lowest BCUT2D eigenvalue weighted by atomic mass is 9.79. The first-order chi connectivity index (χ1) is 12.7. The molecule has 0 radical (unpaired) electrons. The smallest absolute Gasteiger partial charge is 0.343 e. The van der Waals surface area contributed by atoms with Gasteiger partial charge in [-0.25, -0.2) is 4.79 Å². The van der Waals surface area contributed by atoms with E-state index in [9.17, 15) is 4.79 Å². The van der Waals surface area contributed by atoms with Crippen LogP contribution in [0.25, 0.3) is 0 Å². The quantitative estimate of drug-likeness (QED) is 0.436. The summed E-state index contributed by atoms with van der Waals surface area (Å²) in [5, 5.41) is 0. The van der Waals surface area contributed by atoms with Gasteiger partial charge in [-0.1, -0.05) is 57.4 Å². The lowest BCUT2D eigenvalue weighted by Crippen LogP contribution is -2.12. The van der Waals surface area contributed by atoms with Crippen molar-refractivity contribution in [1.29, 1.82) is 0 Å². The first-order valence-electron chi connectivity index (χ1n) is 10.1. The topological polar surface area (TPSA) is 26.3 Å². The van der Waals surface area contributed by atoms with Crippen LogP contribution >= 0.6 is 0 Å². The van der Waals surface area contributed by atoms with Crippen LogP contribution in [0.1, 0.15) is 79.8 Å². The largest absolute Gasteiger partial charge is 0.423 e. The number of hydrogen-bond donors (Lipinski definition) is 0. The highest BCUT2D eigenvalue weighted by Crippen LogP contribution is 2.35. The first kappa shape index (κ1) is 18.7. The predicted octanol–water partition coefficient (Wildman–Crippen LogP) is 6.54. The maximum Gasteiger partial charge on any atom is 0.343 e. The molecule has 0 bridgehead atoms. The Hall–Kier alpha value is -2.09. The average Bonchev–Trinajstić information content (AvgIpc) is 2.68. The van der Waals surface area contributed by atoms with Gasteiger partial charge in [-0.05, 0) is 72.9 Å². The molecular formula is C24H30O2. The predicted molar refractivity (Wildman–Crippen MR) is 107 cm³/mol. The van der Waals surface area contributed by atoms with Crippen molar-refractivity contribution in [3.8, 4) is 5.75 Å². The highest BCUT2D eigenvalue weighted by Gasteiger charge is 2.20. The highest BCUT2D eigenvalue weighted by molar-refractivity contribution is 5.91. The molecule has 0 atom stereocenters. The number of benzene rings is 2. The molecule has 0 amide bonds. The maximum atomic E-state index is 12.4. The summed E-state index contributed by atoms with van der Waals surface area (Å²) in [6.07, 6.45) is 8.58. The van der Waals surface area contributed by atoms with E-state index < -0.39 is 0 Å². The number of aryl methyl sites for hydroxylation is 1. The standard InChI is InChI=1S/C24H30O2/c1-3-4-5-19-8-16-23(17-9-19)26-24(25)22-14-12-21(13-15-22)20-10-6-18(2)7-11-20/h8-9,12-18,20H,3-7,10-11H2,1-2H3. The van der Waals surface area contributed by atoms with E-state index in [1.807, 2.05) is 36.4 Å². The second-order valence-electron chi connectivity index (χ2n) is 7.72. The van der Waals surface area contributed by atoms with E-state index in [2.05, 4.69) is 26.0 Å². The van der Waals surface area contributed by atoms with Crippen LogP contribution in [0, 0.1) is 5.92 Å². The van der Waals surface area contributed by atoms with Crippen LogP contribution in [-0.2, 0) is 6.42 Å². The Morgan fingerprint density at radius 3 is 2.23 bits per heavy atom. The molecule has 0 heterocycles. The Morgan fingerprint density at radius 2 is 1.62 bits per heavy atom. The van der Waals surface area contributed by atoms with E-state index in [0.29, 0.717) is 17.2 Å². The van der Waals surface area contributed by atoms with Crippen LogP contribution < -0.4 is 4.74 Å². The highest BCUT2D eigenvalue weighted by atomic mass is 16.5. The van der Waals surface area contributed by atoms with Crippen molar-refractivity contribution in [3.05, 3.63) is 65.2 Å². The first-order valence-corrected chi connectivity index (χ1v) is 10.1. The minimum atomic E-state index is -0.282. The minimum absolute atomic E-state index is 0.282. The number of ether oxygens (including phenoxy) is 1. The second-order valence-corrected chi connectivity index (χ2v) is 7.72. The summed E-state index contributed by atoms with van der Waals surface area (Å²) in [5.41, 5.74) is 3.26. The molecule has 138 valence electrons. The van der Waals surface area contributed by atoms with E-state index in [1.165, 1.54) is 49.7 Å². The Labute approximate surface area is 157 Å². The van der Waals surface area contributed by atoms with Gasteiger partial charge in [-0.15, -0.1) is 0 Å². The Bertz CT molecular complexity index is 692. The molecule has 1 aliphatic carbocycles. The van der Waals surface area contributed by atoms with Gasteiger partial charge in [0, 0.05) is 0 Å². The molecule has 0 aliphatic heterocycles. The summed E-state index contributed by atoms with van der Waals surface area (Å²) in [4.78, 5) is 12.4. The molecule has 2 heteroatoms. The number of rotatable bonds is 6. The molecule has 26 heavy (non-hydrogen) atoms. The molecule has 1 saturated carbocycles. The number of carbonyl (C=O) groups is 1. The fraction of sp³-hybridized carbons (Fsp3) is 0.458. The third-order valence-electron chi connectivity index (χ3n) is 5.59. The Balaban J connectivity index is 1.57. The van der Waals surface area contributed by atoms with Crippen LogP contribution in [0.3, 0.4) is 0 Å². The van der Waals surface area contributed by atoms with Crippen molar-refractivity contribution in [2.75, 3.05) is 0 Å². The van der Waals surface area contributed by atoms with E-state index in [4.69, 9.17) is 4.74 Å². The molecular weight excluding hydrogens is 320 g/mol. The SMILES string of the molecule is CCCCc1ccc(OC(=O)c2ccc(C3CCC(C)CC3)cc2)cc1. The van der Waals surface area contributed by atoms with Crippen molar-refractivity contribution in [3.63, 3.8) is 0 Å². The van der Waals surface area contributed by atoms with Crippen LogP contribution in [0.2, 0.25) is 0 Å². The fourth-order valence-corrected chi connectivity index (χ4v) is 3.76. The van der Waals surface area contributed by atoms with E-state index in [1.54, 1.807) is 0 Å². The summed E-state index contributed by atoms with van der Waals surface area (Å²) in [6.45, 7) is 4.53. The molecule has 1 fully saturated rings. The second kappa shape index (κ2) is 9.02. The number of hydrogen-bond acceptors (Lipinski definition) is 2. The molecule has 0 spiro atoms. The van der Waals surface area contributed by atoms with Crippen LogP contribution in [0.5, 0.6) is 5.75 Å². The summed E-state index contributed by atoms with van der Waals surface area (Å²) in [6, 6.07) is 15.9. The summed E-state index contributed by atoms with van der Waals surface area (Å²) >= 11 is 0. The van der Waals surface area contributed by atoms with Crippen molar-refractivity contribution in [2.45, 2.75) is 64.7 Å². The van der Waals surface area contributed by atoms with Crippen molar-refractivity contribution in [2.24, 2.45) is 5.92 Å². The molecule has 2 aromatic rings. The zero-order valence-electron chi connectivity index (χ0n) is 16.0. The van der Waals surface area contributed by atoms with Crippen LogP contribution in [-0.4, -0.2) is 5.97 Å². The van der Waals surface area contributed by atoms with Gasteiger partial charge in [0.25, 0.3) is 0 Å². The van der Waals surface area contributed by atoms with Gasteiger partial charge >= 0.3 is 5.97 Å². The Kier molecular flexibility index (Phi) is 6.49. The van der Waals surface area contributed by atoms with Gasteiger partial charge in [0.05, 0.1) is 5.56 Å². The maximum absolute atomic E-state index is 12.4. The van der Waals surface area contributed by atoms with Gasteiger partial charge < -0.3 is 4.74 Å². The molecule has 0 unspecified atom stereocenters.